The molecule has 0 spiro atoms. The average molecular weight is 284 g/mol. The molecule has 1 N–H and O–H groups in total. The van der Waals surface area contributed by atoms with Gasteiger partial charge in [-0.15, -0.1) is 0 Å². The molecule has 0 amide bonds. The quantitative estimate of drug-likeness (QED) is 0.915. The third-order valence-corrected chi connectivity index (χ3v) is 3.77. The van der Waals surface area contributed by atoms with Gasteiger partial charge in [0.15, 0.2) is 0 Å². The molecular formula is C18H20O3. The minimum Gasteiger partial charge on any atom is -0.493 e. The van der Waals surface area contributed by atoms with Crippen molar-refractivity contribution >= 4 is 0 Å². The fourth-order valence-electron chi connectivity index (χ4n) is 2.63. The molecular weight excluding hydrogens is 264 g/mol. The van der Waals surface area contributed by atoms with E-state index in [9.17, 15) is 5.11 Å². The number of benzene rings is 2. The number of ether oxygens (including phenoxy) is 2. The van der Waals surface area contributed by atoms with Crippen LogP contribution in [0, 0.1) is 0 Å². The van der Waals surface area contributed by atoms with Gasteiger partial charge in [0.2, 0.25) is 0 Å². The highest BCUT2D eigenvalue weighted by molar-refractivity contribution is 5.40. The Morgan fingerprint density at radius 2 is 2.10 bits per heavy atom. The molecule has 0 bridgehead atoms. The summed E-state index contributed by atoms with van der Waals surface area (Å²) in [6, 6.07) is 14.0. The van der Waals surface area contributed by atoms with E-state index < -0.39 is 6.10 Å². The molecule has 0 saturated carbocycles. The first-order chi connectivity index (χ1) is 10.2. The molecule has 1 aliphatic heterocycles. The molecule has 1 aliphatic rings. The van der Waals surface area contributed by atoms with E-state index in [1.807, 2.05) is 30.3 Å². The van der Waals surface area contributed by atoms with Gasteiger partial charge in [-0.25, -0.2) is 0 Å². The topological polar surface area (TPSA) is 38.7 Å². The maximum absolute atomic E-state index is 9.73. The van der Waals surface area contributed by atoms with Crippen LogP contribution in [0.1, 0.15) is 29.7 Å². The summed E-state index contributed by atoms with van der Waals surface area (Å²) in [6.07, 6.45) is 1.33. The van der Waals surface area contributed by atoms with Crippen LogP contribution in [0.5, 0.6) is 11.5 Å². The van der Waals surface area contributed by atoms with Crippen molar-refractivity contribution in [1.82, 2.24) is 0 Å². The maximum atomic E-state index is 9.73. The summed E-state index contributed by atoms with van der Waals surface area (Å²) in [5, 5.41) is 9.73. The molecule has 1 heterocycles. The van der Waals surface area contributed by atoms with E-state index in [4.69, 9.17) is 9.47 Å². The Kier molecular flexibility index (Phi) is 4.11. The van der Waals surface area contributed by atoms with Gasteiger partial charge in [0.05, 0.1) is 19.3 Å². The fraction of sp³-hybridized carbons (Fsp3) is 0.333. The number of fused-ring (bicyclic) bond motifs is 1. The lowest BCUT2D eigenvalue weighted by molar-refractivity contribution is 0.191. The highest BCUT2D eigenvalue weighted by Crippen LogP contribution is 2.27. The monoisotopic (exact) mass is 284 g/mol. The standard InChI is InChI=1S/C18H20O3/c1-13(19)16-4-2-3-5-18(16)21-10-8-14-6-7-17-15(12-14)9-11-20-17/h2-7,12-13,19H,8-11H2,1H3/t13-/m1/s1. The fourth-order valence-corrected chi connectivity index (χ4v) is 2.63. The van der Waals surface area contributed by atoms with Crippen LogP contribution in [0.4, 0.5) is 0 Å². The Balaban J connectivity index is 1.61. The maximum Gasteiger partial charge on any atom is 0.125 e. The smallest absolute Gasteiger partial charge is 0.125 e. The van der Waals surface area contributed by atoms with Gasteiger partial charge in [0.25, 0.3) is 0 Å². The van der Waals surface area contributed by atoms with E-state index >= 15 is 0 Å². The molecule has 110 valence electrons. The Labute approximate surface area is 125 Å². The molecule has 0 aliphatic carbocycles. The zero-order chi connectivity index (χ0) is 14.7. The van der Waals surface area contributed by atoms with Crippen molar-refractivity contribution in [3.8, 4) is 11.5 Å². The van der Waals surface area contributed by atoms with Gasteiger partial charge in [-0.05, 0) is 30.2 Å². The van der Waals surface area contributed by atoms with E-state index in [-0.39, 0.29) is 0 Å². The highest BCUT2D eigenvalue weighted by Gasteiger charge is 2.12. The summed E-state index contributed by atoms with van der Waals surface area (Å²) >= 11 is 0. The van der Waals surface area contributed by atoms with Gasteiger partial charge < -0.3 is 14.6 Å². The number of rotatable bonds is 5. The first-order valence-electron chi connectivity index (χ1n) is 7.38. The van der Waals surface area contributed by atoms with Crippen molar-refractivity contribution in [1.29, 1.82) is 0 Å². The van der Waals surface area contributed by atoms with Gasteiger partial charge in [-0.1, -0.05) is 30.3 Å². The van der Waals surface area contributed by atoms with Crippen molar-refractivity contribution in [2.24, 2.45) is 0 Å². The molecule has 3 rings (SSSR count). The van der Waals surface area contributed by atoms with Crippen LogP contribution in [-0.4, -0.2) is 18.3 Å². The molecule has 0 saturated heterocycles. The van der Waals surface area contributed by atoms with Crippen LogP contribution in [-0.2, 0) is 12.8 Å². The molecule has 3 heteroatoms. The molecule has 0 fully saturated rings. The van der Waals surface area contributed by atoms with Crippen LogP contribution >= 0.6 is 0 Å². The average Bonchev–Trinajstić information content (AvgIpc) is 2.95. The second kappa shape index (κ2) is 6.19. The van der Waals surface area contributed by atoms with Crippen LogP contribution in [0.15, 0.2) is 42.5 Å². The zero-order valence-electron chi connectivity index (χ0n) is 12.2. The van der Waals surface area contributed by atoms with Crippen LogP contribution in [0.3, 0.4) is 0 Å². The lowest BCUT2D eigenvalue weighted by atomic mass is 10.1. The molecule has 3 nitrogen and oxygen atoms in total. The summed E-state index contributed by atoms with van der Waals surface area (Å²) in [7, 11) is 0. The first kappa shape index (κ1) is 14.0. The lowest BCUT2D eigenvalue weighted by Crippen LogP contribution is -2.04. The predicted octanol–water partition coefficient (Wildman–Crippen LogP) is 3.30. The van der Waals surface area contributed by atoms with Crippen LogP contribution in [0.25, 0.3) is 0 Å². The first-order valence-corrected chi connectivity index (χ1v) is 7.38. The van der Waals surface area contributed by atoms with Gasteiger partial charge in [-0.3, -0.25) is 0 Å². The minimum atomic E-state index is -0.515. The zero-order valence-corrected chi connectivity index (χ0v) is 12.2. The Morgan fingerprint density at radius 1 is 1.24 bits per heavy atom. The van der Waals surface area contributed by atoms with Crippen molar-refractivity contribution in [2.45, 2.75) is 25.9 Å². The summed E-state index contributed by atoms with van der Waals surface area (Å²) in [4.78, 5) is 0. The largest absolute Gasteiger partial charge is 0.493 e. The molecule has 2 aromatic carbocycles. The molecule has 0 radical (unpaired) electrons. The van der Waals surface area contributed by atoms with Gasteiger partial charge >= 0.3 is 0 Å². The predicted molar refractivity (Wildman–Crippen MR) is 81.9 cm³/mol. The Morgan fingerprint density at radius 3 is 2.95 bits per heavy atom. The summed E-state index contributed by atoms with van der Waals surface area (Å²) < 4.78 is 11.3. The van der Waals surface area contributed by atoms with Crippen molar-refractivity contribution in [2.75, 3.05) is 13.2 Å². The van der Waals surface area contributed by atoms with E-state index in [0.717, 1.165) is 36.5 Å². The molecule has 2 aromatic rings. The minimum absolute atomic E-state index is 0.515. The molecule has 1 atom stereocenters. The Bertz CT molecular complexity index is 620. The van der Waals surface area contributed by atoms with Gasteiger partial charge in [0.1, 0.15) is 11.5 Å². The number of aliphatic hydroxyl groups is 1. The van der Waals surface area contributed by atoms with Gasteiger partial charge in [0, 0.05) is 18.4 Å². The number of aliphatic hydroxyl groups excluding tert-OH is 1. The number of para-hydroxylation sites is 1. The summed E-state index contributed by atoms with van der Waals surface area (Å²) in [6.45, 7) is 3.14. The molecule has 21 heavy (non-hydrogen) atoms. The molecule has 0 aromatic heterocycles. The van der Waals surface area contributed by atoms with E-state index in [0.29, 0.717) is 6.61 Å². The van der Waals surface area contributed by atoms with Crippen molar-refractivity contribution in [3.63, 3.8) is 0 Å². The number of hydrogen-bond acceptors (Lipinski definition) is 3. The van der Waals surface area contributed by atoms with E-state index in [1.165, 1.54) is 11.1 Å². The summed E-state index contributed by atoms with van der Waals surface area (Å²) in [5.74, 6) is 1.77. The lowest BCUT2D eigenvalue weighted by Gasteiger charge is -2.13. The SMILES string of the molecule is C[C@@H](O)c1ccccc1OCCc1ccc2c(c1)CCO2. The van der Waals surface area contributed by atoms with Gasteiger partial charge in [-0.2, -0.15) is 0 Å². The normalized spacial score (nSPS) is 14.4. The third-order valence-electron chi connectivity index (χ3n) is 3.77. The Hall–Kier alpha value is -2.00. The van der Waals surface area contributed by atoms with Crippen LogP contribution < -0.4 is 9.47 Å². The van der Waals surface area contributed by atoms with Crippen LogP contribution in [0.2, 0.25) is 0 Å². The van der Waals surface area contributed by atoms with E-state index in [2.05, 4.69) is 12.1 Å². The second-order valence-electron chi connectivity index (χ2n) is 5.35. The highest BCUT2D eigenvalue weighted by atomic mass is 16.5. The molecule has 0 unspecified atom stereocenters. The second-order valence-corrected chi connectivity index (χ2v) is 5.35. The summed E-state index contributed by atoms with van der Waals surface area (Å²) in [5.41, 5.74) is 3.38. The van der Waals surface area contributed by atoms with Crippen molar-refractivity contribution < 1.29 is 14.6 Å². The van der Waals surface area contributed by atoms with E-state index in [1.54, 1.807) is 6.92 Å². The number of hydrogen-bond donors (Lipinski definition) is 1. The third kappa shape index (κ3) is 3.19. The van der Waals surface area contributed by atoms with Crippen molar-refractivity contribution in [3.05, 3.63) is 59.2 Å².